The molecule has 0 spiro atoms. The molecule has 3 heterocycles. The largest absolute Gasteiger partial charge is 0.481 e. The molecular weight excluding hydrogens is 1420 g/mol. The van der Waals surface area contributed by atoms with E-state index in [9.17, 15) is 57.5 Å². The summed E-state index contributed by atoms with van der Waals surface area (Å²) >= 11 is 5.02. The highest BCUT2D eigenvalue weighted by atomic mass is 32.1. The lowest BCUT2D eigenvalue weighted by Crippen LogP contribution is -2.44. The minimum absolute atomic E-state index is 0.0170. The monoisotopic (exact) mass is 1510 g/mol. The van der Waals surface area contributed by atoms with Gasteiger partial charge in [-0.2, -0.15) is 0 Å². The van der Waals surface area contributed by atoms with E-state index < -0.39 is 77.4 Å². The second-order valence-corrected chi connectivity index (χ2v) is 28.2. The third-order valence-corrected chi connectivity index (χ3v) is 20.3. The molecule has 5 amide bonds. The zero-order valence-electron chi connectivity index (χ0n) is 58.8. The average molecular weight is 1510 g/mol. The number of benzene rings is 6. The van der Waals surface area contributed by atoms with Crippen molar-refractivity contribution in [1.82, 2.24) is 16.0 Å². The van der Waals surface area contributed by atoms with E-state index in [0.29, 0.717) is 30.4 Å². The molecule has 4 atom stereocenters. The van der Waals surface area contributed by atoms with Crippen molar-refractivity contribution in [3.05, 3.63) is 225 Å². The zero-order chi connectivity index (χ0) is 77.4. The van der Waals surface area contributed by atoms with E-state index in [1.165, 1.54) is 37.6 Å². The number of ketones is 2. The number of nitrogens with two attached hydrogens (primary N) is 2. The van der Waals surface area contributed by atoms with Crippen molar-refractivity contribution in [2.45, 2.75) is 134 Å². The van der Waals surface area contributed by atoms with Crippen molar-refractivity contribution in [3.8, 4) is 53.6 Å². The van der Waals surface area contributed by atoms with Crippen LogP contribution < -0.4 is 27.4 Å². The summed E-state index contributed by atoms with van der Waals surface area (Å²) in [6.45, 7) is 2.05. The summed E-state index contributed by atoms with van der Waals surface area (Å²) in [5.41, 5.74) is 23.8. The van der Waals surface area contributed by atoms with Crippen molar-refractivity contribution >= 4 is 105 Å². The summed E-state index contributed by atoms with van der Waals surface area (Å²) in [6, 6.07) is 54.4. The van der Waals surface area contributed by atoms with E-state index in [4.69, 9.17) is 37.0 Å². The number of carbonyl (C=O) groups is 12. The molecular formula is C82H85N5O17S3. The van der Waals surface area contributed by atoms with Crippen LogP contribution in [-0.2, 0) is 89.6 Å². The van der Waals surface area contributed by atoms with Gasteiger partial charge in [-0.1, -0.05) is 158 Å². The van der Waals surface area contributed by atoms with Gasteiger partial charge < -0.3 is 53.0 Å². The molecule has 0 unspecified atom stereocenters. The number of amides is 5. The van der Waals surface area contributed by atoms with Gasteiger partial charge in [-0.25, -0.2) is 0 Å². The highest BCUT2D eigenvalue weighted by Gasteiger charge is 2.28. The molecule has 558 valence electrons. The minimum Gasteiger partial charge on any atom is -0.481 e. The Morgan fingerprint density at radius 3 is 1.14 bits per heavy atom. The SMILES string of the molecule is Cc1ccsc1-c1ccc(CCC(=O)N[C@@H](CCC(=O)O)C(=O)C[C@@H](CCC(=O)O)C(N)=O)cc1.NC(=O)[C@H](CCC(=O)O)NC(=O)CCc1ccc(-c2cc(-c3ccccc3)cs2)cc1.O=C(O)CC[C@H](NC(=O)CCc1ccc(-c2cc(-c3ccccc3)cs2)cc1)C(=O)Cc1cccc(CC(=O)O)c1. The van der Waals surface area contributed by atoms with E-state index in [2.05, 4.69) is 69.2 Å². The number of aliphatic carboxylic acids is 5. The Bertz CT molecular complexity index is 4520. The van der Waals surface area contributed by atoms with E-state index in [0.717, 1.165) is 38.3 Å². The van der Waals surface area contributed by atoms with Crippen LogP contribution in [0.15, 0.2) is 192 Å². The number of Topliss-reactive ketones (excluding diaryl/α,β-unsaturated/α-hetero) is 2. The smallest absolute Gasteiger partial charge is 0.307 e. The Hall–Kier alpha value is -11.5. The number of primary amides is 2. The minimum atomic E-state index is -1.13. The topological polar surface area (TPSA) is 394 Å². The Kier molecular flexibility index (Phi) is 32.8. The maximum absolute atomic E-state index is 13.0. The lowest BCUT2D eigenvalue weighted by molar-refractivity contribution is -0.139. The summed E-state index contributed by atoms with van der Waals surface area (Å²) in [4.78, 5) is 144. The van der Waals surface area contributed by atoms with Crippen LogP contribution in [0, 0.1) is 12.8 Å². The maximum atomic E-state index is 13.0. The lowest BCUT2D eigenvalue weighted by Gasteiger charge is -2.19. The number of nitrogens with one attached hydrogen (secondary N) is 3. The Balaban J connectivity index is 0.000000226. The van der Waals surface area contributed by atoms with E-state index in [1.807, 2.05) is 121 Å². The van der Waals surface area contributed by atoms with Gasteiger partial charge in [0, 0.05) is 78.3 Å². The average Bonchev–Trinajstić information content (AvgIpc) is 1.71. The standard InChI is InChI=1S/C33H31NO6S.C25H30N2O7S.C24H24N2O4S/c35-29(18-23-5-4-6-24(17-23)19-33(39)40)28(14-16-32(37)38)34-31(36)15-11-22-9-12-26(13-10-22)30-20-27(21-41-30)25-7-2-1-3-8-25;1-15-12-13-35-24(15)17-5-2-16(3-6-17)4-9-21(29)27-19(8-11-23(32)33)20(28)14-18(25(26)34)7-10-22(30)31;25-24(30)20(11-13-23(28)29)26-22(27)12-8-16-6-9-18(10-7-16)21-14-19(15-31-21)17-4-2-1-3-5-17/h1-10,12-13,17,20-21,28H,11,14-16,18-19H2,(H,34,36)(H,37,38)(H,39,40);2-3,5-6,12-13,18-19H,4,7-11,14H2,1H3,(H2,26,34)(H,27,29)(H,30,31)(H,32,33);1-7,9-10,14-15,20H,8,11-13H2,(H2,25,30)(H,26,27)(H,28,29)/t28-;18-,19+;20-/m010/s1. The lowest BCUT2D eigenvalue weighted by atomic mass is 9.92. The van der Waals surface area contributed by atoms with Gasteiger partial charge in [0.1, 0.15) is 6.04 Å². The van der Waals surface area contributed by atoms with Gasteiger partial charge in [0.25, 0.3) is 0 Å². The molecule has 0 saturated carbocycles. The van der Waals surface area contributed by atoms with Crippen LogP contribution in [0.3, 0.4) is 0 Å². The molecule has 0 fully saturated rings. The molecule has 0 aliphatic carbocycles. The number of thiophene rings is 3. The van der Waals surface area contributed by atoms with Gasteiger partial charge in [-0.15, -0.1) is 34.0 Å². The highest BCUT2D eigenvalue weighted by molar-refractivity contribution is 7.14. The van der Waals surface area contributed by atoms with Gasteiger partial charge in [-0.05, 0) is 159 Å². The van der Waals surface area contributed by atoms with Crippen molar-refractivity contribution in [2.24, 2.45) is 17.4 Å². The van der Waals surface area contributed by atoms with Crippen LogP contribution in [0.4, 0.5) is 0 Å². The number of hydrogen-bond acceptors (Lipinski definition) is 15. The molecule has 6 aromatic carbocycles. The third kappa shape index (κ3) is 28.8. The fourth-order valence-electron chi connectivity index (χ4n) is 11.4. The first-order valence-corrected chi connectivity index (χ1v) is 37.2. The third-order valence-electron chi connectivity index (χ3n) is 17.2. The molecule has 3 aromatic heterocycles. The van der Waals surface area contributed by atoms with Gasteiger partial charge in [0.2, 0.25) is 29.5 Å². The van der Waals surface area contributed by atoms with Gasteiger partial charge >= 0.3 is 29.8 Å². The van der Waals surface area contributed by atoms with Crippen molar-refractivity contribution in [2.75, 3.05) is 0 Å². The number of hydrogen-bond donors (Lipinski definition) is 10. The molecule has 22 nitrogen and oxygen atoms in total. The predicted octanol–water partition coefficient (Wildman–Crippen LogP) is 12.6. The van der Waals surface area contributed by atoms with Crippen LogP contribution in [0.1, 0.15) is 110 Å². The molecule has 25 heteroatoms. The molecule has 0 saturated heterocycles. The highest BCUT2D eigenvalue weighted by Crippen LogP contribution is 2.35. The van der Waals surface area contributed by atoms with Crippen molar-refractivity contribution in [1.29, 1.82) is 0 Å². The number of carboxylic acid groups (broad SMARTS) is 5. The summed E-state index contributed by atoms with van der Waals surface area (Å²) < 4.78 is 0. The first-order valence-electron chi connectivity index (χ1n) is 34.5. The molecule has 9 rings (SSSR count). The second kappa shape index (κ2) is 42.4. The van der Waals surface area contributed by atoms with E-state index in [1.54, 1.807) is 58.3 Å². The molecule has 0 aliphatic rings. The van der Waals surface area contributed by atoms with E-state index >= 15 is 0 Å². The summed E-state index contributed by atoms with van der Waals surface area (Å²) in [6.07, 6.45) is -0.180. The van der Waals surface area contributed by atoms with Crippen LogP contribution in [0.5, 0.6) is 0 Å². The quantitative estimate of drug-likeness (QED) is 0.0171. The fourth-order valence-corrected chi connectivity index (χ4v) is 14.2. The van der Waals surface area contributed by atoms with Crippen molar-refractivity contribution < 1.29 is 83.1 Å². The normalized spacial score (nSPS) is 11.9. The Morgan fingerprint density at radius 1 is 0.355 bits per heavy atom. The first kappa shape index (κ1) is 82.7. The van der Waals surface area contributed by atoms with Gasteiger partial charge in [0.05, 0.1) is 18.5 Å². The summed E-state index contributed by atoms with van der Waals surface area (Å²) in [5.74, 6) is -9.83. The van der Waals surface area contributed by atoms with Gasteiger partial charge in [0.15, 0.2) is 11.6 Å². The summed E-state index contributed by atoms with van der Waals surface area (Å²) in [5, 5.41) is 58.8. The van der Waals surface area contributed by atoms with Crippen LogP contribution in [-0.4, -0.2) is 115 Å². The molecule has 0 radical (unpaired) electrons. The first-order chi connectivity index (χ1) is 51.2. The molecule has 0 aliphatic heterocycles. The van der Waals surface area contributed by atoms with Crippen LogP contribution >= 0.6 is 34.0 Å². The maximum Gasteiger partial charge on any atom is 0.307 e. The van der Waals surface area contributed by atoms with Crippen molar-refractivity contribution in [3.63, 3.8) is 0 Å². The molecule has 0 bridgehead atoms. The zero-order valence-corrected chi connectivity index (χ0v) is 61.3. The Morgan fingerprint density at radius 2 is 0.748 bits per heavy atom. The molecule has 9 aromatic rings. The van der Waals surface area contributed by atoms with E-state index in [-0.39, 0.29) is 107 Å². The molecule has 107 heavy (non-hydrogen) atoms. The Labute approximate surface area is 630 Å². The number of carbonyl (C=O) groups excluding carboxylic acids is 7. The van der Waals surface area contributed by atoms with Gasteiger partial charge in [-0.3, -0.25) is 57.5 Å². The van der Waals surface area contributed by atoms with Crippen LogP contribution in [0.25, 0.3) is 53.6 Å². The predicted molar refractivity (Wildman–Crippen MR) is 411 cm³/mol. The number of aryl methyl sites for hydroxylation is 4. The summed E-state index contributed by atoms with van der Waals surface area (Å²) in [7, 11) is 0. The van der Waals surface area contributed by atoms with Crippen LogP contribution in [0.2, 0.25) is 0 Å². The fraction of sp³-hybridized carbons (Fsp3) is 0.268. The second-order valence-electron chi connectivity index (χ2n) is 25.5. The molecule has 12 N–H and O–H groups in total. The number of carboxylic acids is 5. The number of rotatable bonds is 39.